The minimum Gasteiger partial charge on any atom is -0.390 e. The van der Waals surface area contributed by atoms with Crippen LogP contribution in [0, 0.1) is 17.8 Å². The van der Waals surface area contributed by atoms with E-state index in [4.69, 9.17) is 0 Å². The summed E-state index contributed by atoms with van der Waals surface area (Å²) >= 11 is 0. The van der Waals surface area contributed by atoms with Gasteiger partial charge in [0.25, 0.3) is 0 Å². The maximum absolute atomic E-state index is 10.4. The molecule has 14 heavy (non-hydrogen) atoms. The van der Waals surface area contributed by atoms with E-state index in [0.717, 1.165) is 19.3 Å². The predicted octanol–water partition coefficient (Wildman–Crippen LogP) is 1.78. The fourth-order valence-corrected chi connectivity index (χ4v) is 4.05. The van der Waals surface area contributed by atoms with Crippen LogP contribution in [0.2, 0.25) is 0 Å². The van der Waals surface area contributed by atoms with Gasteiger partial charge in [0.15, 0.2) is 0 Å². The van der Waals surface area contributed by atoms with Crippen LogP contribution in [-0.4, -0.2) is 23.8 Å². The van der Waals surface area contributed by atoms with Crippen LogP contribution >= 0.6 is 0 Å². The third kappa shape index (κ3) is 1.70. The lowest BCUT2D eigenvalue weighted by atomic mass is 9.60. The average Bonchev–Trinajstić information content (AvgIpc) is 2.00. The summed E-state index contributed by atoms with van der Waals surface area (Å²) in [5.74, 6) is 2.01. The molecule has 0 radical (unpaired) electrons. The summed E-state index contributed by atoms with van der Waals surface area (Å²) in [6.45, 7) is 4.55. The molecule has 2 rings (SSSR count). The van der Waals surface area contributed by atoms with Gasteiger partial charge in [-0.2, -0.15) is 0 Å². The topological polar surface area (TPSA) is 32.3 Å². The quantitative estimate of drug-likeness (QED) is 0.671. The molecule has 2 aliphatic rings. The van der Waals surface area contributed by atoms with Gasteiger partial charge in [0.2, 0.25) is 0 Å². The first-order valence-corrected chi connectivity index (χ1v) is 5.94. The van der Waals surface area contributed by atoms with Gasteiger partial charge in [-0.05, 0) is 50.5 Å². The fraction of sp³-hybridized carbons (Fsp3) is 1.00. The van der Waals surface area contributed by atoms with E-state index in [1.54, 1.807) is 0 Å². The molecule has 0 heterocycles. The molecule has 2 aliphatic carbocycles. The smallest absolute Gasteiger partial charge is 0.0656 e. The number of nitrogens with one attached hydrogen (secondary N) is 1. The summed E-state index contributed by atoms with van der Waals surface area (Å²) in [4.78, 5) is 0. The van der Waals surface area contributed by atoms with Gasteiger partial charge in [-0.1, -0.05) is 13.8 Å². The second kappa shape index (κ2) is 3.49. The predicted molar refractivity (Wildman–Crippen MR) is 58.1 cm³/mol. The molecular formula is C12H23NO. The largest absolute Gasteiger partial charge is 0.390 e. The Morgan fingerprint density at radius 3 is 2.57 bits per heavy atom. The van der Waals surface area contributed by atoms with Crippen LogP contribution in [0.5, 0.6) is 0 Å². The van der Waals surface area contributed by atoms with Crippen molar-refractivity contribution in [2.75, 3.05) is 7.05 Å². The third-order valence-electron chi connectivity index (χ3n) is 4.23. The first kappa shape index (κ1) is 10.4. The molecule has 2 N–H and O–H groups in total. The van der Waals surface area contributed by atoms with Gasteiger partial charge < -0.3 is 10.4 Å². The molecule has 0 aromatic carbocycles. The van der Waals surface area contributed by atoms with Gasteiger partial charge in [0.1, 0.15) is 0 Å². The molecule has 5 atom stereocenters. The Labute approximate surface area is 87.1 Å². The molecule has 2 saturated carbocycles. The lowest BCUT2D eigenvalue weighted by Crippen LogP contribution is -2.54. The van der Waals surface area contributed by atoms with Crippen LogP contribution < -0.4 is 5.32 Å². The monoisotopic (exact) mass is 197 g/mol. The van der Waals surface area contributed by atoms with E-state index in [9.17, 15) is 5.11 Å². The molecule has 82 valence electrons. The highest BCUT2D eigenvalue weighted by Gasteiger charge is 2.47. The first-order valence-electron chi connectivity index (χ1n) is 5.94. The number of aliphatic hydroxyl groups is 1. The summed E-state index contributed by atoms with van der Waals surface area (Å²) in [5, 5.41) is 13.9. The zero-order chi connectivity index (χ0) is 10.3. The van der Waals surface area contributed by atoms with E-state index in [-0.39, 0.29) is 5.60 Å². The summed E-state index contributed by atoms with van der Waals surface area (Å²) in [6, 6.07) is 0.623. The minimum atomic E-state index is -0.338. The van der Waals surface area contributed by atoms with Crippen LogP contribution in [-0.2, 0) is 0 Å². The van der Waals surface area contributed by atoms with Crippen molar-refractivity contribution in [3.8, 4) is 0 Å². The molecular weight excluding hydrogens is 174 g/mol. The highest BCUT2D eigenvalue weighted by atomic mass is 16.3. The van der Waals surface area contributed by atoms with Crippen molar-refractivity contribution in [1.82, 2.24) is 5.32 Å². The van der Waals surface area contributed by atoms with Crippen molar-refractivity contribution < 1.29 is 5.11 Å². The Bertz CT molecular complexity index is 214. The molecule has 5 unspecified atom stereocenters. The molecule has 0 aromatic heterocycles. The Balaban J connectivity index is 2.16. The van der Waals surface area contributed by atoms with Crippen molar-refractivity contribution in [1.29, 1.82) is 0 Å². The highest BCUT2D eigenvalue weighted by Crippen LogP contribution is 2.47. The molecule has 2 heteroatoms. The SMILES string of the molecule is CNC1C(C)CC2(O)CC(C)CC1C2. The van der Waals surface area contributed by atoms with Gasteiger partial charge in [-0.3, -0.25) is 0 Å². The van der Waals surface area contributed by atoms with E-state index in [1.807, 2.05) is 0 Å². The molecule has 0 aromatic rings. The summed E-state index contributed by atoms with van der Waals surface area (Å²) in [5.41, 5.74) is -0.338. The van der Waals surface area contributed by atoms with Crippen molar-refractivity contribution in [3.63, 3.8) is 0 Å². The average molecular weight is 197 g/mol. The summed E-state index contributed by atoms with van der Waals surface area (Å²) in [7, 11) is 2.06. The van der Waals surface area contributed by atoms with E-state index >= 15 is 0 Å². The van der Waals surface area contributed by atoms with Crippen molar-refractivity contribution >= 4 is 0 Å². The van der Waals surface area contributed by atoms with Gasteiger partial charge in [0.05, 0.1) is 5.60 Å². The van der Waals surface area contributed by atoms with Gasteiger partial charge in [-0.15, -0.1) is 0 Å². The van der Waals surface area contributed by atoms with Crippen molar-refractivity contribution in [2.45, 2.75) is 51.2 Å². The van der Waals surface area contributed by atoms with Crippen LogP contribution in [0.15, 0.2) is 0 Å². The molecule has 0 amide bonds. The highest BCUT2D eigenvalue weighted by molar-refractivity contribution is 5.00. The van der Waals surface area contributed by atoms with Crippen molar-refractivity contribution in [2.24, 2.45) is 17.8 Å². The molecule has 0 saturated heterocycles. The minimum absolute atomic E-state index is 0.338. The summed E-state index contributed by atoms with van der Waals surface area (Å²) < 4.78 is 0. The Morgan fingerprint density at radius 2 is 1.93 bits per heavy atom. The van der Waals surface area contributed by atoms with Gasteiger partial charge in [-0.25, -0.2) is 0 Å². The third-order valence-corrected chi connectivity index (χ3v) is 4.23. The normalized spacial score (nSPS) is 53.1. The number of rotatable bonds is 1. The molecule has 2 bridgehead atoms. The lowest BCUT2D eigenvalue weighted by molar-refractivity contribution is -0.0919. The van der Waals surface area contributed by atoms with E-state index in [0.29, 0.717) is 23.8 Å². The van der Waals surface area contributed by atoms with E-state index in [1.165, 1.54) is 6.42 Å². The Hall–Kier alpha value is -0.0800. The number of hydrogen-bond donors (Lipinski definition) is 2. The lowest BCUT2D eigenvalue weighted by Gasteiger charge is -2.51. The van der Waals surface area contributed by atoms with Crippen LogP contribution in [0.25, 0.3) is 0 Å². The Morgan fingerprint density at radius 1 is 1.21 bits per heavy atom. The second-order valence-electron chi connectivity index (χ2n) is 5.73. The summed E-state index contributed by atoms with van der Waals surface area (Å²) in [6.07, 6.45) is 4.31. The van der Waals surface area contributed by atoms with E-state index in [2.05, 4.69) is 26.2 Å². The molecule has 2 nitrogen and oxygen atoms in total. The standard InChI is InChI=1S/C12H23NO/c1-8-4-10-7-12(14,5-8)6-9(2)11(10)13-3/h8-11,13-14H,4-7H2,1-3H3. The molecule has 0 spiro atoms. The van der Waals surface area contributed by atoms with Crippen LogP contribution in [0.4, 0.5) is 0 Å². The molecule has 2 fully saturated rings. The maximum atomic E-state index is 10.4. The zero-order valence-corrected chi connectivity index (χ0v) is 9.59. The Kier molecular flexibility index (Phi) is 2.61. The van der Waals surface area contributed by atoms with Crippen molar-refractivity contribution in [3.05, 3.63) is 0 Å². The molecule has 0 aliphatic heterocycles. The second-order valence-corrected chi connectivity index (χ2v) is 5.73. The van der Waals surface area contributed by atoms with Crippen LogP contribution in [0.3, 0.4) is 0 Å². The first-order chi connectivity index (χ1) is 6.54. The fourth-order valence-electron chi connectivity index (χ4n) is 4.05. The van der Waals surface area contributed by atoms with Gasteiger partial charge in [0, 0.05) is 6.04 Å². The number of hydrogen-bond acceptors (Lipinski definition) is 2. The van der Waals surface area contributed by atoms with Gasteiger partial charge >= 0.3 is 0 Å². The zero-order valence-electron chi connectivity index (χ0n) is 9.59. The van der Waals surface area contributed by atoms with E-state index < -0.39 is 0 Å². The number of fused-ring (bicyclic) bond motifs is 2. The van der Waals surface area contributed by atoms with Crippen LogP contribution in [0.1, 0.15) is 39.5 Å². The maximum Gasteiger partial charge on any atom is 0.0656 e.